The van der Waals surface area contributed by atoms with E-state index in [0.29, 0.717) is 19.3 Å². The lowest BCUT2D eigenvalue weighted by Gasteiger charge is -2.14. The van der Waals surface area contributed by atoms with Crippen LogP contribution in [0.4, 0.5) is 0 Å². The number of aliphatic imine (C=N–C) groups is 1. The first-order valence-electron chi connectivity index (χ1n) is 9.76. The second kappa shape index (κ2) is 11.2. The van der Waals surface area contributed by atoms with Crippen LogP contribution >= 0.6 is 0 Å². The molecule has 0 spiro atoms. The fourth-order valence-electron chi connectivity index (χ4n) is 3.23. The van der Waals surface area contributed by atoms with E-state index in [1.807, 2.05) is 13.8 Å². The number of nitrogens with one attached hydrogen (secondary N) is 2. The molecule has 1 aromatic heterocycles. The van der Waals surface area contributed by atoms with Gasteiger partial charge in [-0.2, -0.15) is 0 Å². The molecule has 0 amide bonds. The van der Waals surface area contributed by atoms with Gasteiger partial charge in [-0.05, 0) is 40.0 Å². The quantitative estimate of drug-likeness (QED) is 0.376. The highest BCUT2D eigenvalue weighted by molar-refractivity contribution is 5.79. The van der Waals surface area contributed by atoms with Crippen LogP contribution in [0, 0.1) is 13.8 Å². The minimum absolute atomic E-state index is 0.270. The van der Waals surface area contributed by atoms with E-state index in [-0.39, 0.29) is 5.92 Å². The zero-order chi connectivity index (χ0) is 18.8. The van der Waals surface area contributed by atoms with Gasteiger partial charge in [0.15, 0.2) is 5.96 Å². The molecule has 2 atom stereocenters. The molecule has 1 aliphatic rings. The molecule has 7 heteroatoms. The van der Waals surface area contributed by atoms with Crippen molar-refractivity contribution in [1.29, 1.82) is 0 Å². The summed E-state index contributed by atoms with van der Waals surface area (Å²) in [5, 5.41) is 10.7. The Morgan fingerprint density at radius 2 is 2.23 bits per heavy atom. The Morgan fingerprint density at radius 1 is 1.38 bits per heavy atom. The minimum Gasteiger partial charge on any atom is -0.379 e. The lowest BCUT2D eigenvalue weighted by molar-refractivity contribution is 0.0168. The molecule has 2 N–H and O–H groups in total. The Hall–Kier alpha value is -1.60. The number of hydrogen-bond acceptors (Lipinski definition) is 5. The van der Waals surface area contributed by atoms with Crippen LogP contribution in [0.1, 0.15) is 56.0 Å². The molecule has 26 heavy (non-hydrogen) atoms. The molecule has 1 aliphatic heterocycles. The first-order chi connectivity index (χ1) is 12.6. The highest BCUT2D eigenvalue weighted by Crippen LogP contribution is 2.23. The molecule has 0 aliphatic carbocycles. The van der Waals surface area contributed by atoms with E-state index in [9.17, 15) is 0 Å². The van der Waals surface area contributed by atoms with Crippen LogP contribution in [0.25, 0.3) is 0 Å². The second-order valence-electron chi connectivity index (χ2n) is 6.85. The van der Waals surface area contributed by atoms with E-state index in [2.05, 4.69) is 29.6 Å². The maximum Gasteiger partial charge on any atom is 0.191 e. The monoisotopic (exact) mass is 366 g/mol. The fourth-order valence-corrected chi connectivity index (χ4v) is 3.23. The summed E-state index contributed by atoms with van der Waals surface area (Å²) in [7, 11) is 0. The van der Waals surface area contributed by atoms with E-state index in [4.69, 9.17) is 19.0 Å². The van der Waals surface area contributed by atoms with Crippen molar-refractivity contribution in [3.05, 3.63) is 17.0 Å². The Kier molecular flexibility index (Phi) is 8.91. The van der Waals surface area contributed by atoms with Crippen molar-refractivity contribution in [2.24, 2.45) is 4.99 Å². The number of rotatable bonds is 10. The zero-order valence-electron chi connectivity index (χ0n) is 16.6. The summed E-state index contributed by atoms with van der Waals surface area (Å²) < 4.78 is 16.5. The lowest BCUT2D eigenvalue weighted by atomic mass is 10.00. The predicted molar refractivity (Wildman–Crippen MR) is 103 cm³/mol. The van der Waals surface area contributed by atoms with Gasteiger partial charge >= 0.3 is 0 Å². The highest BCUT2D eigenvalue weighted by atomic mass is 16.5. The lowest BCUT2D eigenvalue weighted by Crippen LogP contribution is -2.38. The number of aromatic nitrogens is 1. The van der Waals surface area contributed by atoms with E-state index >= 15 is 0 Å². The van der Waals surface area contributed by atoms with Crippen LogP contribution in [0.3, 0.4) is 0 Å². The van der Waals surface area contributed by atoms with Gasteiger partial charge in [-0.15, -0.1) is 0 Å². The van der Waals surface area contributed by atoms with Crippen molar-refractivity contribution in [1.82, 2.24) is 15.8 Å². The maximum absolute atomic E-state index is 5.69. The fraction of sp³-hybridized carbons (Fsp3) is 0.789. The van der Waals surface area contributed by atoms with Crippen LogP contribution in [-0.4, -0.2) is 56.7 Å². The van der Waals surface area contributed by atoms with Crippen LogP contribution in [-0.2, 0) is 9.47 Å². The third-order valence-electron chi connectivity index (χ3n) is 4.53. The molecule has 2 heterocycles. The molecular formula is C19H34N4O3. The third-order valence-corrected chi connectivity index (χ3v) is 4.53. The minimum atomic E-state index is 0.270. The summed E-state index contributed by atoms with van der Waals surface area (Å²) in [5.74, 6) is 1.99. The van der Waals surface area contributed by atoms with Crippen LogP contribution < -0.4 is 10.6 Å². The van der Waals surface area contributed by atoms with Gasteiger partial charge < -0.3 is 24.6 Å². The molecule has 1 fully saturated rings. The summed E-state index contributed by atoms with van der Waals surface area (Å²) >= 11 is 0. The topological polar surface area (TPSA) is 80.9 Å². The Bertz CT molecular complexity index is 533. The standard InChI is InChI=1S/C19H34N4O3/c1-5-20-19(21-9-7-10-24-13-17-8-6-11-25-17)22-12-14(2)18-15(3)23-26-16(18)4/h14,17H,5-13H2,1-4H3,(H2,20,21,22). The van der Waals surface area contributed by atoms with Crippen molar-refractivity contribution in [3.8, 4) is 0 Å². The largest absolute Gasteiger partial charge is 0.379 e. The van der Waals surface area contributed by atoms with E-state index in [0.717, 1.165) is 68.5 Å². The van der Waals surface area contributed by atoms with E-state index in [1.165, 1.54) is 0 Å². The first kappa shape index (κ1) is 20.7. The average Bonchev–Trinajstić information content (AvgIpc) is 3.25. The smallest absolute Gasteiger partial charge is 0.191 e. The van der Waals surface area contributed by atoms with Gasteiger partial charge in [0.25, 0.3) is 0 Å². The number of ether oxygens (including phenoxy) is 2. The first-order valence-corrected chi connectivity index (χ1v) is 9.76. The maximum atomic E-state index is 5.69. The van der Waals surface area contributed by atoms with Gasteiger partial charge in [-0.3, -0.25) is 4.99 Å². The van der Waals surface area contributed by atoms with Crippen molar-refractivity contribution in [2.75, 3.05) is 39.5 Å². The van der Waals surface area contributed by atoms with Gasteiger partial charge in [0.1, 0.15) is 5.76 Å². The Labute approximate surface area is 156 Å². The van der Waals surface area contributed by atoms with E-state index < -0.39 is 0 Å². The number of guanidine groups is 1. The Morgan fingerprint density at radius 3 is 2.88 bits per heavy atom. The molecule has 0 bridgehead atoms. The van der Waals surface area contributed by atoms with Crippen molar-refractivity contribution in [2.45, 2.75) is 59.0 Å². The molecule has 7 nitrogen and oxygen atoms in total. The molecular weight excluding hydrogens is 332 g/mol. The summed E-state index contributed by atoms with van der Waals surface area (Å²) in [6, 6.07) is 0. The van der Waals surface area contributed by atoms with Gasteiger partial charge in [0.2, 0.25) is 0 Å². The summed E-state index contributed by atoms with van der Waals surface area (Å²) in [4.78, 5) is 4.70. The molecule has 2 rings (SSSR count). The average molecular weight is 367 g/mol. The highest BCUT2D eigenvalue weighted by Gasteiger charge is 2.16. The molecule has 1 saturated heterocycles. The number of aryl methyl sites for hydroxylation is 2. The number of hydrogen-bond donors (Lipinski definition) is 2. The van der Waals surface area contributed by atoms with Crippen molar-refractivity contribution < 1.29 is 14.0 Å². The van der Waals surface area contributed by atoms with Crippen LogP contribution in [0.2, 0.25) is 0 Å². The summed E-state index contributed by atoms with van der Waals surface area (Å²) in [6.45, 7) is 12.8. The SMILES string of the molecule is CCNC(=NCC(C)c1c(C)noc1C)NCCCOCC1CCCO1. The van der Waals surface area contributed by atoms with Crippen LogP contribution in [0.5, 0.6) is 0 Å². The molecule has 0 radical (unpaired) electrons. The Balaban J connectivity index is 1.68. The normalized spacial score (nSPS) is 18.9. The van der Waals surface area contributed by atoms with Gasteiger partial charge in [-0.25, -0.2) is 0 Å². The molecule has 0 saturated carbocycles. The zero-order valence-corrected chi connectivity index (χ0v) is 16.6. The second-order valence-corrected chi connectivity index (χ2v) is 6.85. The predicted octanol–water partition coefficient (Wildman–Crippen LogP) is 2.54. The summed E-state index contributed by atoms with van der Waals surface area (Å²) in [6.07, 6.45) is 3.52. The number of nitrogens with zero attached hydrogens (tertiary/aromatic N) is 2. The van der Waals surface area contributed by atoms with Crippen LogP contribution in [0.15, 0.2) is 9.52 Å². The van der Waals surface area contributed by atoms with E-state index in [1.54, 1.807) is 0 Å². The molecule has 1 aromatic rings. The molecule has 0 aromatic carbocycles. The van der Waals surface area contributed by atoms with Gasteiger partial charge in [0, 0.05) is 44.3 Å². The molecule has 2 unspecified atom stereocenters. The van der Waals surface area contributed by atoms with Crippen molar-refractivity contribution >= 4 is 5.96 Å². The van der Waals surface area contributed by atoms with Gasteiger partial charge in [-0.1, -0.05) is 12.1 Å². The third kappa shape index (κ3) is 6.61. The van der Waals surface area contributed by atoms with Crippen molar-refractivity contribution in [3.63, 3.8) is 0 Å². The molecule has 148 valence electrons. The summed E-state index contributed by atoms with van der Waals surface area (Å²) in [5.41, 5.74) is 2.11. The van der Waals surface area contributed by atoms with Gasteiger partial charge in [0.05, 0.1) is 18.4 Å².